The van der Waals surface area contributed by atoms with Crippen molar-refractivity contribution in [1.29, 1.82) is 0 Å². The normalized spacial score (nSPS) is 12.0. The number of nitrogens with zero attached hydrogens (tertiary/aromatic N) is 2. The van der Waals surface area contributed by atoms with Gasteiger partial charge in [0, 0.05) is 29.2 Å². The van der Waals surface area contributed by atoms with Crippen LogP contribution in [-0.2, 0) is 11.3 Å². The second-order valence-electron chi connectivity index (χ2n) is 4.71. The van der Waals surface area contributed by atoms with Crippen LogP contribution in [0.3, 0.4) is 0 Å². The highest BCUT2D eigenvalue weighted by molar-refractivity contribution is 7.09. The molecule has 118 valence electrons. The number of benzene rings is 1. The second-order valence-corrected chi connectivity index (χ2v) is 6.74. The fraction of sp³-hybridized carbons (Fsp3) is 0.333. The number of carbonyl (C=O) groups excluding carboxylic acids is 1. The Kier molecular flexibility index (Phi) is 5.81. The van der Waals surface area contributed by atoms with E-state index in [1.54, 1.807) is 19.2 Å². The molecule has 2 rings (SSSR count). The van der Waals surface area contributed by atoms with Gasteiger partial charge in [0.2, 0.25) is 0 Å². The molecule has 0 saturated carbocycles. The molecule has 0 fully saturated rings. The molecule has 0 atom stereocenters. The second kappa shape index (κ2) is 7.42. The number of halogens is 2. The van der Waals surface area contributed by atoms with Crippen molar-refractivity contribution in [1.82, 2.24) is 4.57 Å². The first kappa shape index (κ1) is 17.2. The van der Waals surface area contributed by atoms with Gasteiger partial charge in [-0.15, -0.1) is 11.3 Å². The van der Waals surface area contributed by atoms with E-state index in [-0.39, 0.29) is 0 Å². The molecule has 0 aliphatic carbocycles. The highest BCUT2D eigenvalue weighted by atomic mass is 35.5. The molecule has 0 aliphatic rings. The van der Waals surface area contributed by atoms with Crippen LogP contribution in [0, 0.1) is 13.8 Å². The van der Waals surface area contributed by atoms with Crippen LogP contribution in [0.5, 0.6) is 0 Å². The lowest BCUT2D eigenvalue weighted by Crippen LogP contribution is -2.20. The number of thiazole rings is 1. The van der Waals surface area contributed by atoms with Crippen molar-refractivity contribution in [2.24, 2.45) is 4.99 Å². The Bertz CT molecular complexity index is 765. The van der Waals surface area contributed by atoms with Crippen LogP contribution in [0.15, 0.2) is 23.2 Å². The first-order valence-electron chi connectivity index (χ1n) is 6.64. The molecule has 22 heavy (non-hydrogen) atoms. The molecule has 0 spiro atoms. The van der Waals surface area contributed by atoms with E-state index in [1.807, 2.05) is 18.4 Å². The molecule has 0 aliphatic heterocycles. The van der Waals surface area contributed by atoms with E-state index in [4.69, 9.17) is 27.9 Å². The summed E-state index contributed by atoms with van der Waals surface area (Å²) in [6, 6.07) is 4.76. The molecule has 1 amide bonds. The van der Waals surface area contributed by atoms with Crippen molar-refractivity contribution < 1.29 is 9.53 Å². The molecule has 0 saturated heterocycles. The summed E-state index contributed by atoms with van der Waals surface area (Å²) in [6.45, 7) is 5.19. The monoisotopic (exact) mass is 358 g/mol. The minimum absolute atomic E-state index is 0.302. The summed E-state index contributed by atoms with van der Waals surface area (Å²) in [7, 11) is 1.64. The number of hydrogen-bond acceptors (Lipinski definition) is 3. The SMILES string of the molecule is COCCn1c(C)c(C)sc1=NC(=O)c1cc(Cl)ccc1Cl. The molecule has 0 radical (unpaired) electrons. The molecule has 0 unspecified atom stereocenters. The molecule has 1 heterocycles. The fourth-order valence-corrected chi connectivity index (χ4v) is 3.31. The van der Waals surface area contributed by atoms with Gasteiger partial charge >= 0.3 is 0 Å². The Hall–Kier alpha value is -1.14. The van der Waals surface area contributed by atoms with Crippen LogP contribution in [-0.4, -0.2) is 24.2 Å². The summed E-state index contributed by atoms with van der Waals surface area (Å²) in [6.07, 6.45) is 0. The maximum Gasteiger partial charge on any atom is 0.281 e. The van der Waals surface area contributed by atoms with E-state index in [2.05, 4.69) is 4.99 Å². The van der Waals surface area contributed by atoms with Crippen molar-refractivity contribution in [3.63, 3.8) is 0 Å². The number of carbonyl (C=O) groups is 1. The minimum atomic E-state index is -0.403. The van der Waals surface area contributed by atoms with Crippen LogP contribution >= 0.6 is 34.5 Å². The first-order chi connectivity index (χ1) is 10.4. The molecule has 0 N–H and O–H groups in total. The zero-order valence-corrected chi connectivity index (χ0v) is 14.8. The van der Waals surface area contributed by atoms with E-state index in [1.165, 1.54) is 17.4 Å². The number of hydrogen-bond donors (Lipinski definition) is 0. The molecule has 0 bridgehead atoms. The number of aryl methyl sites for hydroxylation is 1. The van der Waals surface area contributed by atoms with Gasteiger partial charge in [0.1, 0.15) is 0 Å². The quantitative estimate of drug-likeness (QED) is 0.832. The Morgan fingerprint density at radius 1 is 1.36 bits per heavy atom. The molecule has 1 aromatic heterocycles. The Labute approximate surface area is 143 Å². The van der Waals surface area contributed by atoms with Gasteiger partial charge in [0.15, 0.2) is 4.80 Å². The lowest BCUT2D eigenvalue weighted by molar-refractivity contribution is 0.0997. The van der Waals surface area contributed by atoms with Crippen molar-refractivity contribution in [3.05, 3.63) is 49.2 Å². The van der Waals surface area contributed by atoms with Gasteiger partial charge in [-0.25, -0.2) is 0 Å². The molecule has 7 heteroatoms. The highest BCUT2D eigenvalue weighted by Gasteiger charge is 2.12. The van der Waals surface area contributed by atoms with Crippen molar-refractivity contribution in [2.45, 2.75) is 20.4 Å². The molecular weight excluding hydrogens is 343 g/mol. The summed E-state index contributed by atoms with van der Waals surface area (Å²) in [4.78, 5) is 18.3. The van der Waals surface area contributed by atoms with Gasteiger partial charge in [0.25, 0.3) is 5.91 Å². The van der Waals surface area contributed by atoms with E-state index in [0.29, 0.717) is 33.6 Å². The molecule has 2 aromatic rings. The van der Waals surface area contributed by atoms with Gasteiger partial charge in [-0.1, -0.05) is 23.2 Å². The molecular formula is C15H16Cl2N2O2S. The van der Waals surface area contributed by atoms with Crippen molar-refractivity contribution in [3.8, 4) is 0 Å². The minimum Gasteiger partial charge on any atom is -0.383 e. The summed E-state index contributed by atoms with van der Waals surface area (Å²) in [5.41, 5.74) is 1.38. The van der Waals surface area contributed by atoms with Crippen LogP contribution in [0.1, 0.15) is 20.9 Å². The predicted octanol–water partition coefficient (Wildman–Crippen LogP) is 3.86. The zero-order chi connectivity index (χ0) is 16.3. The zero-order valence-electron chi connectivity index (χ0n) is 12.5. The Morgan fingerprint density at radius 3 is 2.77 bits per heavy atom. The first-order valence-corrected chi connectivity index (χ1v) is 8.21. The highest BCUT2D eigenvalue weighted by Crippen LogP contribution is 2.21. The van der Waals surface area contributed by atoms with Crippen LogP contribution in [0.25, 0.3) is 0 Å². The Morgan fingerprint density at radius 2 is 2.09 bits per heavy atom. The lowest BCUT2D eigenvalue weighted by Gasteiger charge is -2.05. The topological polar surface area (TPSA) is 43.6 Å². The van der Waals surface area contributed by atoms with Crippen molar-refractivity contribution >= 4 is 40.4 Å². The number of ether oxygens (including phenoxy) is 1. The third kappa shape index (κ3) is 3.79. The van der Waals surface area contributed by atoms with Gasteiger partial charge in [-0.05, 0) is 32.0 Å². The summed E-state index contributed by atoms with van der Waals surface area (Å²) >= 11 is 13.4. The van der Waals surface area contributed by atoms with E-state index < -0.39 is 5.91 Å². The number of amides is 1. The number of aromatic nitrogens is 1. The maximum atomic E-state index is 12.4. The average molecular weight is 359 g/mol. The summed E-state index contributed by atoms with van der Waals surface area (Å²) < 4.78 is 7.08. The van der Waals surface area contributed by atoms with Crippen LogP contribution in [0.4, 0.5) is 0 Å². The number of rotatable bonds is 4. The number of methoxy groups -OCH3 is 1. The maximum absolute atomic E-state index is 12.4. The summed E-state index contributed by atoms with van der Waals surface area (Å²) in [5, 5.41) is 0.792. The smallest absolute Gasteiger partial charge is 0.281 e. The third-order valence-electron chi connectivity index (χ3n) is 3.26. The molecule has 4 nitrogen and oxygen atoms in total. The fourth-order valence-electron chi connectivity index (χ4n) is 1.94. The standard InChI is InChI=1S/C15H16Cl2N2O2S/c1-9-10(2)22-15(19(9)6-7-21-3)18-14(20)12-8-11(16)4-5-13(12)17/h4-5,8H,6-7H2,1-3H3. The van der Waals surface area contributed by atoms with Crippen LogP contribution in [0.2, 0.25) is 10.0 Å². The van der Waals surface area contributed by atoms with Crippen LogP contribution < -0.4 is 4.80 Å². The van der Waals surface area contributed by atoms with Gasteiger partial charge < -0.3 is 9.30 Å². The average Bonchev–Trinajstić information content (AvgIpc) is 2.74. The third-order valence-corrected chi connectivity index (χ3v) is 4.93. The summed E-state index contributed by atoms with van der Waals surface area (Å²) in [5.74, 6) is -0.403. The largest absolute Gasteiger partial charge is 0.383 e. The van der Waals surface area contributed by atoms with E-state index in [0.717, 1.165) is 10.6 Å². The van der Waals surface area contributed by atoms with E-state index in [9.17, 15) is 4.79 Å². The Balaban J connectivity index is 2.46. The molecule has 1 aromatic carbocycles. The van der Waals surface area contributed by atoms with Gasteiger partial charge in [-0.3, -0.25) is 4.79 Å². The lowest BCUT2D eigenvalue weighted by atomic mass is 10.2. The van der Waals surface area contributed by atoms with Crippen molar-refractivity contribution in [2.75, 3.05) is 13.7 Å². The van der Waals surface area contributed by atoms with Gasteiger partial charge in [-0.2, -0.15) is 4.99 Å². The van der Waals surface area contributed by atoms with Gasteiger partial charge in [0.05, 0.1) is 17.2 Å². The van der Waals surface area contributed by atoms with E-state index >= 15 is 0 Å². The predicted molar refractivity (Wildman–Crippen MR) is 90.0 cm³/mol.